The largest absolute Gasteiger partial charge is 0.389 e. The van der Waals surface area contributed by atoms with Gasteiger partial charge in [-0.25, -0.2) is 4.79 Å². The Morgan fingerprint density at radius 1 is 1.50 bits per heavy atom. The highest BCUT2D eigenvalue weighted by molar-refractivity contribution is 6.08. The summed E-state index contributed by atoms with van der Waals surface area (Å²) < 4.78 is 4.53. The molecule has 14 heavy (non-hydrogen) atoms. The SMILES string of the molecule is C=C(C)C1=CC=C2C(=O)OC(=O)C2C1. The predicted molar refractivity (Wildman–Crippen MR) is 50.2 cm³/mol. The molecular weight excluding hydrogens is 180 g/mol. The van der Waals surface area contributed by atoms with Crippen LogP contribution in [-0.4, -0.2) is 11.9 Å². The van der Waals surface area contributed by atoms with E-state index in [2.05, 4.69) is 11.3 Å². The van der Waals surface area contributed by atoms with Crippen molar-refractivity contribution in [3.8, 4) is 0 Å². The van der Waals surface area contributed by atoms with Crippen molar-refractivity contribution in [1.82, 2.24) is 0 Å². The third-order valence-corrected chi connectivity index (χ3v) is 2.53. The van der Waals surface area contributed by atoms with Gasteiger partial charge in [0.05, 0.1) is 11.5 Å². The number of hydrogen-bond donors (Lipinski definition) is 0. The van der Waals surface area contributed by atoms with Gasteiger partial charge in [-0.3, -0.25) is 4.79 Å². The lowest BCUT2D eigenvalue weighted by atomic mass is 9.86. The van der Waals surface area contributed by atoms with Crippen LogP contribution < -0.4 is 0 Å². The Morgan fingerprint density at radius 3 is 2.86 bits per heavy atom. The molecule has 1 fully saturated rings. The minimum atomic E-state index is -0.503. The van der Waals surface area contributed by atoms with E-state index in [-0.39, 0.29) is 0 Å². The van der Waals surface area contributed by atoms with Gasteiger partial charge in [0.25, 0.3) is 0 Å². The van der Waals surface area contributed by atoms with Crippen LogP contribution in [-0.2, 0) is 14.3 Å². The second kappa shape index (κ2) is 2.94. The standard InChI is InChI=1S/C11H10O3/c1-6(2)7-3-4-8-9(5-7)11(13)14-10(8)12/h3-4,9H,1,5H2,2H3. The Balaban J connectivity index is 2.36. The molecule has 3 nitrogen and oxygen atoms in total. The molecular formula is C11H10O3. The Morgan fingerprint density at radius 2 is 2.21 bits per heavy atom. The van der Waals surface area contributed by atoms with Crippen LogP contribution in [0.4, 0.5) is 0 Å². The first-order chi connectivity index (χ1) is 6.59. The van der Waals surface area contributed by atoms with Gasteiger partial charge in [0.1, 0.15) is 0 Å². The number of cyclic esters (lactones) is 2. The lowest BCUT2D eigenvalue weighted by Gasteiger charge is -2.14. The predicted octanol–water partition coefficient (Wildman–Crippen LogP) is 1.52. The van der Waals surface area contributed by atoms with Gasteiger partial charge >= 0.3 is 11.9 Å². The molecule has 0 amide bonds. The zero-order valence-corrected chi connectivity index (χ0v) is 7.87. The molecule has 0 aromatic rings. The van der Waals surface area contributed by atoms with Crippen molar-refractivity contribution in [3.05, 3.63) is 35.5 Å². The van der Waals surface area contributed by atoms with Crippen LogP contribution in [0.2, 0.25) is 0 Å². The molecule has 1 aliphatic carbocycles. The molecule has 1 aliphatic heterocycles. The van der Waals surface area contributed by atoms with E-state index in [1.165, 1.54) is 0 Å². The number of carbonyl (C=O) groups excluding carboxylic acids is 2. The molecule has 1 atom stereocenters. The molecule has 2 rings (SSSR count). The summed E-state index contributed by atoms with van der Waals surface area (Å²) in [4.78, 5) is 22.4. The van der Waals surface area contributed by atoms with Crippen LogP contribution in [0.25, 0.3) is 0 Å². The first-order valence-corrected chi connectivity index (χ1v) is 4.42. The smallest absolute Gasteiger partial charge is 0.342 e. The highest BCUT2D eigenvalue weighted by Gasteiger charge is 2.40. The van der Waals surface area contributed by atoms with Gasteiger partial charge in [0.15, 0.2) is 0 Å². The van der Waals surface area contributed by atoms with E-state index in [9.17, 15) is 9.59 Å². The maximum atomic E-state index is 11.2. The Kier molecular flexibility index (Phi) is 1.88. The Hall–Kier alpha value is -1.64. The van der Waals surface area contributed by atoms with Crippen LogP contribution in [0.15, 0.2) is 35.5 Å². The van der Waals surface area contributed by atoms with Gasteiger partial charge in [-0.15, -0.1) is 0 Å². The van der Waals surface area contributed by atoms with Crippen molar-refractivity contribution in [2.45, 2.75) is 13.3 Å². The minimum Gasteiger partial charge on any atom is -0.389 e. The van der Waals surface area contributed by atoms with E-state index in [0.717, 1.165) is 11.1 Å². The molecule has 0 spiro atoms. The third kappa shape index (κ3) is 1.21. The lowest BCUT2D eigenvalue weighted by Crippen LogP contribution is -2.12. The van der Waals surface area contributed by atoms with Crippen molar-refractivity contribution >= 4 is 11.9 Å². The van der Waals surface area contributed by atoms with Crippen LogP contribution in [0, 0.1) is 5.92 Å². The van der Waals surface area contributed by atoms with Crippen molar-refractivity contribution in [3.63, 3.8) is 0 Å². The number of rotatable bonds is 1. The first kappa shape index (κ1) is 8.94. The average Bonchev–Trinajstić information content (AvgIpc) is 2.42. The number of esters is 2. The Labute approximate surface area is 81.7 Å². The zero-order valence-electron chi connectivity index (χ0n) is 7.87. The molecule has 0 radical (unpaired) electrons. The molecule has 0 N–H and O–H groups in total. The topological polar surface area (TPSA) is 43.4 Å². The summed E-state index contributed by atoms with van der Waals surface area (Å²) in [7, 11) is 0. The van der Waals surface area contributed by atoms with Crippen molar-refractivity contribution in [1.29, 1.82) is 0 Å². The summed E-state index contributed by atoms with van der Waals surface area (Å²) in [5.41, 5.74) is 2.40. The monoisotopic (exact) mass is 190 g/mol. The third-order valence-electron chi connectivity index (χ3n) is 2.53. The number of fused-ring (bicyclic) bond motifs is 1. The maximum Gasteiger partial charge on any atom is 0.342 e. The fourth-order valence-corrected chi connectivity index (χ4v) is 1.66. The van der Waals surface area contributed by atoms with Crippen molar-refractivity contribution in [2.24, 2.45) is 5.92 Å². The average molecular weight is 190 g/mol. The molecule has 1 saturated heterocycles. The van der Waals surface area contributed by atoms with Gasteiger partial charge in [0.2, 0.25) is 0 Å². The van der Waals surface area contributed by atoms with E-state index >= 15 is 0 Å². The van der Waals surface area contributed by atoms with Gasteiger partial charge in [0, 0.05) is 0 Å². The fraction of sp³-hybridized carbons (Fsp3) is 0.273. The first-order valence-electron chi connectivity index (χ1n) is 4.42. The van der Waals surface area contributed by atoms with Gasteiger partial charge < -0.3 is 4.74 Å². The quantitative estimate of drug-likeness (QED) is 0.465. The molecule has 1 unspecified atom stereocenters. The summed E-state index contributed by atoms with van der Waals surface area (Å²) in [5, 5.41) is 0. The van der Waals surface area contributed by atoms with Crippen LogP contribution in [0.1, 0.15) is 13.3 Å². The van der Waals surface area contributed by atoms with E-state index in [1.54, 1.807) is 6.08 Å². The summed E-state index contributed by atoms with van der Waals surface area (Å²) in [6, 6.07) is 0. The van der Waals surface area contributed by atoms with Crippen LogP contribution in [0.5, 0.6) is 0 Å². The molecule has 0 bridgehead atoms. The summed E-state index contributed by atoms with van der Waals surface area (Å²) in [5.74, 6) is -1.34. The van der Waals surface area contributed by atoms with E-state index in [0.29, 0.717) is 12.0 Å². The highest BCUT2D eigenvalue weighted by atomic mass is 16.6. The second-order valence-corrected chi connectivity index (χ2v) is 3.56. The van der Waals surface area contributed by atoms with Crippen LogP contribution >= 0.6 is 0 Å². The molecule has 2 aliphatic rings. The van der Waals surface area contributed by atoms with Crippen molar-refractivity contribution in [2.75, 3.05) is 0 Å². The molecule has 0 saturated carbocycles. The molecule has 0 aromatic heterocycles. The van der Waals surface area contributed by atoms with Gasteiger partial charge in [-0.05, 0) is 18.9 Å². The molecule has 1 heterocycles. The number of carbonyl (C=O) groups is 2. The zero-order chi connectivity index (χ0) is 10.3. The normalized spacial score (nSPS) is 25.1. The lowest BCUT2D eigenvalue weighted by molar-refractivity contribution is -0.152. The molecule has 3 heteroatoms. The minimum absolute atomic E-state index is 0.404. The Bertz CT molecular complexity index is 399. The van der Waals surface area contributed by atoms with E-state index in [1.807, 2.05) is 13.0 Å². The summed E-state index contributed by atoms with van der Waals surface area (Å²) >= 11 is 0. The molecule has 72 valence electrons. The summed E-state index contributed by atoms with van der Waals surface area (Å²) in [6.45, 7) is 5.68. The van der Waals surface area contributed by atoms with Gasteiger partial charge in [-0.2, -0.15) is 0 Å². The number of allylic oxidation sites excluding steroid dienone is 4. The van der Waals surface area contributed by atoms with Crippen molar-refractivity contribution < 1.29 is 14.3 Å². The van der Waals surface area contributed by atoms with Gasteiger partial charge in [-0.1, -0.05) is 24.3 Å². The fourth-order valence-electron chi connectivity index (χ4n) is 1.66. The highest BCUT2D eigenvalue weighted by Crippen LogP contribution is 2.34. The second-order valence-electron chi connectivity index (χ2n) is 3.56. The number of hydrogen-bond acceptors (Lipinski definition) is 3. The van der Waals surface area contributed by atoms with E-state index in [4.69, 9.17) is 0 Å². The van der Waals surface area contributed by atoms with Crippen LogP contribution in [0.3, 0.4) is 0 Å². The summed E-state index contributed by atoms with van der Waals surface area (Å²) in [6.07, 6.45) is 4.02. The molecule has 0 aromatic carbocycles. The number of ether oxygens (including phenoxy) is 1. The van der Waals surface area contributed by atoms with E-state index < -0.39 is 17.9 Å². The maximum absolute atomic E-state index is 11.2.